The summed E-state index contributed by atoms with van der Waals surface area (Å²) in [7, 11) is 0. The summed E-state index contributed by atoms with van der Waals surface area (Å²) >= 11 is 0. The van der Waals surface area contributed by atoms with Gasteiger partial charge in [-0.3, -0.25) is 0 Å². The van der Waals surface area contributed by atoms with Gasteiger partial charge in [0.1, 0.15) is 0 Å². The Labute approximate surface area is 172 Å². The lowest BCUT2D eigenvalue weighted by Gasteiger charge is -2.26. The van der Waals surface area contributed by atoms with Gasteiger partial charge in [-0.15, -0.1) is 0 Å². The van der Waals surface area contributed by atoms with E-state index >= 15 is 0 Å². The average molecular weight is 406 g/mol. The zero-order valence-corrected chi connectivity index (χ0v) is 18.5. The van der Waals surface area contributed by atoms with Crippen molar-refractivity contribution in [1.29, 1.82) is 0 Å². The first-order chi connectivity index (χ1) is 13.1. The molecule has 0 bridgehead atoms. The number of aliphatic hydroxyl groups excluding tert-OH is 5. The molecule has 8 atom stereocenters. The van der Waals surface area contributed by atoms with Crippen LogP contribution in [-0.4, -0.2) is 62.1 Å². The normalized spacial score (nSPS) is 20.8. The molecule has 0 radical (unpaired) electrons. The summed E-state index contributed by atoms with van der Waals surface area (Å²) in [5.74, 6) is 0.212. The van der Waals surface area contributed by atoms with Crippen LogP contribution in [0.5, 0.6) is 0 Å². The number of aliphatic hydroxyl groups is 5. The van der Waals surface area contributed by atoms with Gasteiger partial charge in [-0.05, 0) is 50.9 Å². The van der Waals surface area contributed by atoms with Crippen LogP contribution in [0.3, 0.4) is 0 Å². The lowest BCUT2D eigenvalue weighted by Crippen LogP contribution is -2.34. The molecular weight excluding hydrogens is 358 g/mol. The molecule has 0 aromatic heterocycles. The van der Waals surface area contributed by atoms with E-state index in [9.17, 15) is 25.5 Å². The fourth-order valence-electron chi connectivity index (χ4n) is 3.68. The fraction of sp³-hybridized carbons (Fsp3) is 1.00. The minimum atomic E-state index is -0.749. The highest BCUT2D eigenvalue weighted by atomic mass is 16.3. The van der Waals surface area contributed by atoms with Gasteiger partial charge in [-0.1, -0.05) is 46.5 Å². The largest absolute Gasteiger partial charge is 0.393 e. The second-order valence-electron chi connectivity index (χ2n) is 9.01. The first kappa shape index (κ1) is 27.8. The van der Waals surface area contributed by atoms with Crippen molar-refractivity contribution in [1.82, 2.24) is 0 Å². The predicted octanol–water partition coefficient (Wildman–Crippen LogP) is 2.33. The zero-order chi connectivity index (χ0) is 21.7. The first-order valence-electron chi connectivity index (χ1n) is 11.2. The molecule has 28 heavy (non-hydrogen) atoms. The second-order valence-corrected chi connectivity index (χ2v) is 9.01. The first-order valence-corrected chi connectivity index (χ1v) is 11.2. The number of hydrogen-bond acceptors (Lipinski definition) is 6. The van der Waals surface area contributed by atoms with Crippen molar-refractivity contribution in [3.8, 4) is 0 Å². The molecule has 0 aliphatic rings. The van der Waals surface area contributed by atoms with E-state index in [-0.39, 0.29) is 24.3 Å². The lowest BCUT2D eigenvalue weighted by atomic mass is 9.88. The van der Waals surface area contributed by atoms with Crippen LogP contribution in [0.4, 0.5) is 0 Å². The smallest absolute Gasteiger partial charge is 0.0824 e. The minimum absolute atomic E-state index is 0.0827. The average Bonchev–Trinajstić information content (AvgIpc) is 2.62. The number of hydrogen-bond donors (Lipinski definition) is 6. The molecule has 0 aromatic rings. The highest BCUT2D eigenvalue weighted by Gasteiger charge is 2.25. The summed E-state index contributed by atoms with van der Waals surface area (Å²) in [5, 5.41) is 50.3. The van der Waals surface area contributed by atoms with Crippen molar-refractivity contribution in [2.45, 2.75) is 128 Å². The Hall–Kier alpha value is -0.240. The lowest BCUT2D eigenvalue weighted by molar-refractivity contribution is -0.0288. The third-order valence-corrected chi connectivity index (χ3v) is 5.75. The molecule has 170 valence electrons. The van der Waals surface area contributed by atoms with Crippen molar-refractivity contribution in [2.24, 2.45) is 17.6 Å². The van der Waals surface area contributed by atoms with Gasteiger partial charge >= 0.3 is 0 Å². The van der Waals surface area contributed by atoms with Crippen molar-refractivity contribution in [2.75, 3.05) is 0 Å². The molecule has 0 aromatic carbocycles. The maximum absolute atomic E-state index is 10.3. The van der Waals surface area contributed by atoms with Crippen LogP contribution >= 0.6 is 0 Å². The zero-order valence-electron chi connectivity index (χ0n) is 18.5. The van der Waals surface area contributed by atoms with E-state index in [4.69, 9.17) is 5.73 Å². The second kappa shape index (κ2) is 15.6. The summed E-state index contributed by atoms with van der Waals surface area (Å²) in [6.07, 6.45) is 4.10. The maximum Gasteiger partial charge on any atom is 0.0824 e. The molecule has 0 amide bonds. The van der Waals surface area contributed by atoms with Crippen LogP contribution in [0, 0.1) is 11.8 Å². The summed E-state index contributed by atoms with van der Waals surface area (Å²) in [5.41, 5.74) is 5.59. The van der Waals surface area contributed by atoms with E-state index in [0.29, 0.717) is 25.7 Å². The molecule has 0 spiro atoms. The number of nitrogens with two attached hydrogens (primary N) is 1. The molecule has 0 saturated heterocycles. The molecule has 6 nitrogen and oxygen atoms in total. The molecule has 0 fully saturated rings. The number of unbranched alkanes of at least 4 members (excludes halogenated alkanes) is 2. The van der Waals surface area contributed by atoms with E-state index in [2.05, 4.69) is 6.92 Å². The third-order valence-electron chi connectivity index (χ3n) is 5.75. The van der Waals surface area contributed by atoms with Gasteiger partial charge in [-0.25, -0.2) is 0 Å². The van der Waals surface area contributed by atoms with Gasteiger partial charge in [0, 0.05) is 12.5 Å². The van der Waals surface area contributed by atoms with Crippen molar-refractivity contribution < 1.29 is 25.5 Å². The summed E-state index contributed by atoms with van der Waals surface area (Å²) in [6.45, 7) is 7.81. The van der Waals surface area contributed by atoms with Gasteiger partial charge in [-0.2, -0.15) is 0 Å². The van der Waals surface area contributed by atoms with Gasteiger partial charge < -0.3 is 31.3 Å². The molecule has 0 heterocycles. The Morgan fingerprint density at radius 3 is 1.71 bits per heavy atom. The molecule has 7 N–H and O–H groups in total. The monoisotopic (exact) mass is 405 g/mol. The van der Waals surface area contributed by atoms with Crippen molar-refractivity contribution in [3.63, 3.8) is 0 Å². The van der Waals surface area contributed by atoms with Gasteiger partial charge in [0.05, 0.1) is 30.5 Å². The Kier molecular flexibility index (Phi) is 15.4. The molecule has 0 rings (SSSR count). The Balaban J connectivity index is 3.98. The maximum atomic E-state index is 10.3. The van der Waals surface area contributed by atoms with Crippen molar-refractivity contribution >= 4 is 0 Å². The third kappa shape index (κ3) is 13.1. The fourth-order valence-corrected chi connectivity index (χ4v) is 3.68. The minimum Gasteiger partial charge on any atom is -0.393 e. The Morgan fingerprint density at radius 1 is 0.679 bits per heavy atom. The molecule has 0 aliphatic carbocycles. The van der Waals surface area contributed by atoms with E-state index in [1.54, 1.807) is 6.92 Å². The predicted molar refractivity (Wildman–Crippen MR) is 114 cm³/mol. The molecule has 0 aliphatic heterocycles. The molecule has 0 saturated carbocycles. The Bertz CT molecular complexity index is 369. The van der Waals surface area contributed by atoms with Crippen LogP contribution in [0.15, 0.2) is 0 Å². The highest BCUT2D eigenvalue weighted by Crippen LogP contribution is 2.22. The SMILES string of the molecule is CCCCC(C)C(O)C(O)CC(C)CC(O)CCCC[C@@H](O)C[C@H](O)[C@H](C)N. The van der Waals surface area contributed by atoms with Crippen LogP contribution in [0.25, 0.3) is 0 Å². The van der Waals surface area contributed by atoms with Crippen LogP contribution in [-0.2, 0) is 0 Å². The van der Waals surface area contributed by atoms with Gasteiger partial charge in [0.15, 0.2) is 0 Å². The van der Waals surface area contributed by atoms with E-state index in [1.165, 1.54) is 0 Å². The van der Waals surface area contributed by atoms with Crippen LogP contribution in [0.2, 0.25) is 0 Å². The van der Waals surface area contributed by atoms with Gasteiger partial charge in [0.25, 0.3) is 0 Å². The van der Waals surface area contributed by atoms with Crippen LogP contribution < -0.4 is 5.73 Å². The molecule has 6 heteroatoms. The summed E-state index contributed by atoms with van der Waals surface area (Å²) < 4.78 is 0. The highest BCUT2D eigenvalue weighted by molar-refractivity contribution is 4.76. The van der Waals surface area contributed by atoms with E-state index < -0.39 is 30.5 Å². The van der Waals surface area contributed by atoms with E-state index in [0.717, 1.165) is 32.1 Å². The molecular formula is C22H47NO5. The summed E-state index contributed by atoms with van der Waals surface area (Å²) in [4.78, 5) is 0. The van der Waals surface area contributed by atoms with Crippen LogP contribution in [0.1, 0.15) is 91.9 Å². The Morgan fingerprint density at radius 2 is 1.21 bits per heavy atom. The van der Waals surface area contributed by atoms with Crippen molar-refractivity contribution in [3.05, 3.63) is 0 Å². The number of rotatable bonds is 17. The topological polar surface area (TPSA) is 127 Å². The quantitative estimate of drug-likeness (QED) is 0.206. The summed E-state index contributed by atoms with van der Waals surface area (Å²) in [6, 6.07) is -0.346. The van der Waals surface area contributed by atoms with E-state index in [1.807, 2.05) is 13.8 Å². The van der Waals surface area contributed by atoms with Gasteiger partial charge in [0.2, 0.25) is 0 Å². The molecule has 5 unspecified atom stereocenters. The standard InChI is InChI=1S/C22H47NO5/c1-5-6-9-16(3)22(28)21(27)13-15(2)12-18(24)10-7-8-11-19(25)14-20(26)17(4)23/h15-22,24-28H,5-14,23H2,1-4H3/t15?,16?,17-,18?,19+,20-,21?,22?/m0/s1.